The molecule has 0 bridgehead atoms. The second kappa shape index (κ2) is 10.8. The number of para-hydroxylation sites is 1. The Hall–Kier alpha value is -4.12. The van der Waals surface area contributed by atoms with Gasteiger partial charge in [0.25, 0.3) is 5.91 Å². The van der Waals surface area contributed by atoms with Crippen molar-refractivity contribution in [3.8, 4) is 11.5 Å². The topological polar surface area (TPSA) is 75.5 Å². The van der Waals surface area contributed by atoms with Crippen LogP contribution in [0.15, 0.2) is 95.6 Å². The maximum Gasteiger partial charge on any atom is 0.254 e. The zero-order valence-electron chi connectivity index (χ0n) is 24.6. The van der Waals surface area contributed by atoms with Crippen LogP contribution in [0.1, 0.15) is 28.4 Å². The monoisotopic (exact) mass is 625 g/mol. The number of thioether (sulfide) groups is 1. The summed E-state index contributed by atoms with van der Waals surface area (Å²) in [4.78, 5) is 35.9. The van der Waals surface area contributed by atoms with Crippen LogP contribution in [0.3, 0.4) is 0 Å². The fourth-order valence-electron chi connectivity index (χ4n) is 7.23. The molecule has 0 aliphatic carbocycles. The van der Waals surface area contributed by atoms with Gasteiger partial charge in [0, 0.05) is 23.7 Å². The number of benzene rings is 3. The van der Waals surface area contributed by atoms with Gasteiger partial charge in [-0.2, -0.15) is 0 Å². The molecule has 3 unspecified atom stereocenters. The van der Waals surface area contributed by atoms with Gasteiger partial charge in [0.05, 0.1) is 33.6 Å². The van der Waals surface area contributed by atoms with Crippen molar-refractivity contribution in [1.82, 2.24) is 9.80 Å². The predicted molar refractivity (Wildman–Crippen MR) is 173 cm³/mol. The molecule has 44 heavy (non-hydrogen) atoms. The van der Waals surface area contributed by atoms with Gasteiger partial charge < -0.3 is 18.8 Å². The highest BCUT2D eigenvalue weighted by atomic mass is 32.2. The fourth-order valence-corrected chi connectivity index (χ4v) is 9.36. The van der Waals surface area contributed by atoms with Crippen LogP contribution < -0.4 is 14.4 Å². The quantitative estimate of drug-likeness (QED) is 0.247. The molecule has 0 radical (unpaired) electrons. The summed E-state index contributed by atoms with van der Waals surface area (Å²) in [6, 6.07) is 27.1. The number of hydrogen-bond donors (Lipinski definition) is 0. The molecule has 224 valence electrons. The zero-order valence-corrected chi connectivity index (χ0v) is 26.2. The summed E-state index contributed by atoms with van der Waals surface area (Å²) >= 11 is 7.28. The number of carbonyl (C=O) groups is 2. The molecule has 4 aromatic rings. The van der Waals surface area contributed by atoms with Gasteiger partial charge >= 0.3 is 0 Å². The third kappa shape index (κ3) is 3.90. The van der Waals surface area contributed by atoms with E-state index in [1.165, 1.54) is 11.8 Å². The summed E-state index contributed by atoms with van der Waals surface area (Å²) in [5.41, 5.74) is 2.13. The van der Waals surface area contributed by atoms with E-state index in [1.54, 1.807) is 31.4 Å². The van der Waals surface area contributed by atoms with Gasteiger partial charge in [0.15, 0.2) is 17.0 Å². The van der Waals surface area contributed by atoms with Crippen molar-refractivity contribution in [2.75, 3.05) is 32.7 Å². The number of amides is 2. The van der Waals surface area contributed by atoms with Crippen LogP contribution in [0.4, 0.5) is 5.69 Å². The van der Waals surface area contributed by atoms with Crippen LogP contribution in [0.25, 0.3) is 0 Å². The Labute approximate surface area is 265 Å². The average Bonchev–Trinajstić information content (AvgIpc) is 3.78. The van der Waals surface area contributed by atoms with Crippen molar-refractivity contribution in [2.24, 2.45) is 0 Å². The number of ether oxygens (including phenoxy) is 2. The van der Waals surface area contributed by atoms with Crippen molar-refractivity contribution in [2.45, 2.75) is 29.3 Å². The van der Waals surface area contributed by atoms with E-state index in [9.17, 15) is 0 Å². The molecule has 7 rings (SSSR count). The van der Waals surface area contributed by atoms with Gasteiger partial charge in [-0.3, -0.25) is 19.4 Å². The molecule has 2 spiro atoms. The minimum atomic E-state index is -1.33. The van der Waals surface area contributed by atoms with E-state index in [1.807, 2.05) is 90.8 Å². The predicted octanol–water partition coefficient (Wildman–Crippen LogP) is 5.57. The second-order valence-electron chi connectivity index (χ2n) is 11.2. The normalized spacial score (nSPS) is 24.6. The van der Waals surface area contributed by atoms with Crippen LogP contribution in [-0.4, -0.2) is 58.5 Å². The Morgan fingerprint density at radius 1 is 0.886 bits per heavy atom. The molecule has 2 fully saturated rings. The molecule has 0 N–H and O–H groups in total. The highest BCUT2D eigenvalue weighted by Gasteiger charge is 2.78. The number of furan rings is 1. The number of hydrogen-bond acceptors (Lipinski definition) is 8. The lowest BCUT2D eigenvalue weighted by atomic mass is 9.72. The van der Waals surface area contributed by atoms with Crippen molar-refractivity contribution in [3.63, 3.8) is 0 Å². The summed E-state index contributed by atoms with van der Waals surface area (Å²) in [7, 11) is 5.12. The first-order chi connectivity index (χ1) is 21.4. The molecule has 2 saturated heterocycles. The molecule has 8 nitrogen and oxygen atoms in total. The first-order valence-corrected chi connectivity index (χ1v) is 15.5. The maximum atomic E-state index is 15.2. The molecular formula is C34H31N3O5S2. The maximum absolute atomic E-state index is 15.2. The lowest BCUT2D eigenvalue weighted by Crippen LogP contribution is -2.62. The lowest BCUT2D eigenvalue weighted by molar-refractivity contribution is -0.139. The number of rotatable bonds is 7. The van der Waals surface area contributed by atoms with E-state index in [0.717, 1.165) is 22.4 Å². The molecule has 3 aliphatic heterocycles. The number of anilines is 1. The summed E-state index contributed by atoms with van der Waals surface area (Å²) in [5.74, 6) is 0.985. The van der Waals surface area contributed by atoms with E-state index < -0.39 is 16.2 Å². The van der Waals surface area contributed by atoms with Crippen molar-refractivity contribution < 1.29 is 23.5 Å². The highest BCUT2D eigenvalue weighted by Crippen LogP contribution is 2.67. The minimum Gasteiger partial charge on any atom is -0.493 e. The number of fused-ring (bicyclic) bond motifs is 3. The van der Waals surface area contributed by atoms with E-state index in [0.29, 0.717) is 34.7 Å². The molecule has 0 saturated carbocycles. The van der Waals surface area contributed by atoms with Crippen LogP contribution in [0.5, 0.6) is 11.5 Å². The number of likely N-dealkylation sites (tertiary alicyclic amines) is 1. The smallest absolute Gasteiger partial charge is 0.254 e. The third-order valence-corrected chi connectivity index (χ3v) is 11.1. The summed E-state index contributed by atoms with van der Waals surface area (Å²) < 4.78 is 15.9. The highest BCUT2D eigenvalue weighted by molar-refractivity contribution is 8.25. The Bertz CT molecular complexity index is 1760. The average molecular weight is 626 g/mol. The number of thiocarbonyl (C=S) groups is 1. The van der Waals surface area contributed by atoms with E-state index in [4.69, 9.17) is 26.1 Å². The number of methoxy groups -OCH3 is 2. The van der Waals surface area contributed by atoms with Crippen molar-refractivity contribution in [1.29, 1.82) is 0 Å². The summed E-state index contributed by atoms with van der Waals surface area (Å²) in [6.45, 7) is 0.995. The number of carbonyl (C=O) groups excluding carboxylic acids is 2. The first kappa shape index (κ1) is 28.6. The van der Waals surface area contributed by atoms with Crippen LogP contribution >= 0.6 is 24.0 Å². The zero-order chi connectivity index (χ0) is 30.6. The van der Waals surface area contributed by atoms with Gasteiger partial charge in [-0.05, 0) is 48.5 Å². The van der Waals surface area contributed by atoms with Crippen molar-refractivity contribution >= 4 is 45.8 Å². The molecule has 1 aromatic heterocycles. The van der Waals surface area contributed by atoms with Crippen LogP contribution in [0, 0.1) is 0 Å². The van der Waals surface area contributed by atoms with E-state index >= 15 is 9.59 Å². The molecule has 3 aliphatic rings. The molecule has 3 aromatic carbocycles. The SMILES string of the molecule is COc1ccc(C2CN(C)C3(C(=O)N(Cc4ccccc4)c4ccccc43)C23SC(=S)N(Cc2ccco2)C3=O)cc1OC. The van der Waals surface area contributed by atoms with Gasteiger partial charge in [-0.25, -0.2) is 0 Å². The Kier molecular flexibility index (Phi) is 7.03. The Morgan fingerprint density at radius 3 is 2.36 bits per heavy atom. The minimum absolute atomic E-state index is 0.142. The number of likely N-dealkylation sites (N-methyl/N-ethyl adjacent to an activating group) is 1. The Morgan fingerprint density at radius 2 is 1.64 bits per heavy atom. The van der Waals surface area contributed by atoms with Crippen LogP contribution in [0.2, 0.25) is 0 Å². The Balaban J connectivity index is 1.45. The fraction of sp³-hybridized carbons (Fsp3) is 0.265. The molecule has 10 heteroatoms. The van der Waals surface area contributed by atoms with Gasteiger partial charge in [-0.1, -0.05) is 78.6 Å². The van der Waals surface area contributed by atoms with Gasteiger partial charge in [0.1, 0.15) is 14.8 Å². The van der Waals surface area contributed by atoms with Gasteiger partial charge in [0.2, 0.25) is 5.91 Å². The number of nitrogens with zero attached hydrogens (tertiary/aromatic N) is 3. The first-order valence-electron chi connectivity index (χ1n) is 14.3. The molecular weight excluding hydrogens is 595 g/mol. The van der Waals surface area contributed by atoms with E-state index in [2.05, 4.69) is 4.90 Å². The molecule has 3 atom stereocenters. The van der Waals surface area contributed by atoms with E-state index in [-0.39, 0.29) is 18.4 Å². The third-order valence-electron chi connectivity index (χ3n) is 9.12. The lowest BCUT2D eigenvalue weighted by Gasteiger charge is -2.42. The van der Waals surface area contributed by atoms with Crippen molar-refractivity contribution in [3.05, 3.63) is 114 Å². The summed E-state index contributed by atoms with van der Waals surface area (Å²) in [5, 5.41) is 0. The molecule has 2 amide bonds. The molecule has 4 heterocycles. The largest absolute Gasteiger partial charge is 0.493 e. The summed E-state index contributed by atoms with van der Waals surface area (Å²) in [6.07, 6.45) is 1.58. The standard InChI is InChI=1S/C34H31N3O5S2/c1-35-21-26(23-15-16-28(40-2)29(18-23)41-3)34(31(39)37(32(43)44-34)20-24-12-9-17-42-24)33(35)25-13-7-8-14-27(25)36(30(33)38)19-22-10-5-4-6-11-22/h4-18,26H,19-21H2,1-3H3. The second-order valence-corrected chi connectivity index (χ2v) is 13.1. The van der Waals surface area contributed by atoms with Crippen LogP contribution in [-0.2, 0) is 28.2 Å². The van der Waals surface area contributed by atoms with Gasteiger partial charge in [-0.15, -0.1) is 0 Å².